The highest BCUT2D eigenvalue weighted by molar-refractivity contribution is 5.95. The van der Waals surface area contributed by atoms with Crippen LogP contribution in [0.1, 0.15) is 33.1 Å². The summed E-state index contributed by atoms with van der Waals surface area (Å²) in [6, 6.07) is -4.37. The number of hydrogen-bond donors (Lipinski definition) is 7. The molecule has 0 saturated carbocycles. The van der Waals surface area contributed by atoms with Gasteiger partial charge in [-0.1, -0.05) is 20.3 Å². The van der Waals surface area contributed by atoms with E-state index in [1.54, 1.807) is 6.92 Å². The van der Waals surface area contributed by atoms with Crippen LogP contribution in [0.3, 0.4) is 0 Å². The van der Waals surface area contributed by atoms with Crippen LogP contribution in [0.5, 0.6) is 0 Å². The van der Waals surface area contributed by atoms with Crippen LogP contribution in [0.15, 0.2) is 0 Å². The Labute approximate surface area is 166 Å². The Bertz CT molecular complexity index is 652. The van der Waals surface area contributed by atoms with Crippen molar-refractivity contribution in [2.24, 2.45) is 11.7 Å². The molecule has 0 aromatic heterocycles. The summed E-state index contributed by atoms with van der Waals surface area (Å²) >= 11 is 0. The van der Waals surface area contributed by atoms with E-state index in [-0.39, 0.29) is 5.92 Å². The minimum atomic E-state index is -1.82. The van der Waals surface area contributed by atoms with Crippen molar-refractivity contribution in [1.82, 2.24) is 16.0 Å². The highest BCUT2D eigenvalue weighted by atomic mass is 16.4. The van der Waals surface area contributed by atoms with E-state index in [1.807, 2.05) is 12.2 Å². The van der Waals surface area contributed by atoms with Crippen molar-refractivity contribution in [3.63, 3.8) is 0 Å². The van der Waals surface area contributed by atoms with Gasteiger partial charge in [-0.15, -0.1) is 0 Å². The molecule has 0 radical (unpaired) electrons. The number of rotatable bonds is 13. The Morgan fingerprint density at radius 2 is 1.38 bits per heavy atom. The lowest BCUT2D eigenvalue weighted by molar-refractivity contribution is -0.148. The van der Waals surface area contributed by atoms with E-state index in [9.17, 15) is 28.8 Å². The van der Waals surface area contributed by atoms with E-state index in [0.717, 1.165) is 0 Å². The molecule has 0 aliphatic heterocycles. The predicted molar refractivity (Wildman–Crippen MR) is 96.4 cm³/mol. The first-order valence-corrected chi connectivity index (χ1v) is 8.68. The molecule has 3 amide bonds. The van der Waals surface area contributed by atoms with Gasteiger partial charge < -0.3 is 37.0 Å². The second-order valence-electron chi connectivity index (χ2n) is 6.34. The number of carboxylic acid groups (broad SMARTS) is 3. The third-order valence-corrected chi connectivity index (χ3v) is 4.01. The van der Waals surface area contributed by atoms with E-state index in [4.69, 9.17) is 21.1 Å². The predicted octanol–water partition coefficient (Wildman–Crippen LogP) is -2.52. The number of hydrogen-bond acceptors (Lipinski definition) is 7. The summed E-state index contributed by atoms with van der Waals surface area (Å²) in [7, 11) is 0. The lowest BCUT2D eigenvalue weighted by Crippen LogP contribution is -2.54. The third kappa shape index (κ3) is 10.0. The van der Waals surface area contributed by atoms with E-state index in [1.165, 1.54) is 0 Å². The molecule has 8 N–H and O–H groups in total. The summed E-state index contributed by atoms with van der Waals surface area (Å²) in [4.78, 5) is 68.6. The van der Waals surface area contributed by atoms with Crippen molar-refractivity contribution in [3.05, 3.63) is 0 Å². The van der Waals surface area contributed by atoms with Crippen LogP contribution >= 0.6 is 0 Å². The van der Waals surface area contributed by atoms with E-state index in [0.29, 0.717) is 6.42 Å². The molecule has 0 saturated heterocycles. The van der Waals surface area contributed by atoms with Gasteiger partial charge in [0.05, 0.1) is 25.4 Å². The maximum Gasteiger partial charge on any atom is 0.326 e. The average Bonchev–Trinajstić information content (AvgIpc) is 2.62. The normalized spacial score (nSPS) is 14.6. The Kier molecular flexibility index (Phi) is 10.9. The first-order chi connectivity index (χ1) is 13.4. The molecule has 0 rings (SSSR count). The molecule has 0 fully saturated rings. The van der Waals surface area contributed by atoms with Crippen molar-refractivity contribution in [2.45, 2.75) is 51.2 Å². The molecule has 0 aliphatic rings. The molecule has 13 nitrogen and oxygen atoms in total. The van der Waals surface area contributed by atoms with Gasteiger partial charge in [0.1, 0.15) is 12.1 Å². The lowest BCUT2D eigenvalue weighted by atomic mass is 9.99. The van der Waals surface area contributed by atoms with Crippen molar-refractivity contribution in [1.29, 1.82) is 0 Å². The lowest BCUT2D eigenvalue weighted by Gasteiger charge is -2.20. The Balaban J connectivity index is 4.97. The highest BCUT2D eigenvalue weighted by Crippen LogP contribution is 2.04. The first kappa shape index (κ1) is 25.8. The van der Waals surface area contributed by atoms with E-state index in [2.05, 4.69) is 10.6 Å². The fourth-order valence-electron chi connectivity index (χ4n) is 2.07. The monoisotopic (exact) mass is 418 g/mol. The highest BCUT2D eigenvalue weighted by Gasteiger charge is 2.30. The van der Waals surface area contributed by atoms with Crippen LogP contribution in [-0.4, -0.2) is 75.6 Å². The van der Waals surface area contributed by atoms with Gasteiger partial charge in [-0.3, -0.25) is 24.0 Å². The molecule has 29 heavy (non-hydrogen) atoms. The second-order valence-corrected chi connectivity index (χ2v) is 6.34. The fourth-order valence-corrected chi connectivity index (χ4v) is 2.07. The molecule has 164 valence electrons. The van der Waals surface area contributed by atoms with Crippen molar-refractivity contribution >= 4 is 35.6 Å². The third-order valence-electron chi connectivity index (χ3n) is 4.01. The van der Waals surface area contributed by atoms with Crippen molar-refractivity contribution in [2.75, 3.05) is 6.54 Å². The summed E-state index contributed by atoms with van der Waals surface area (Å²) in [5.74, 6) is -7.49. The number of nitrogens with two attached hydrogens (primary N) is 1. The number of amides is 3. The maximum atomic E-state index is 12.1. The van der Waals surface area contributed by atoms with Crippen LogP contribution in [0.4, 0.5) is 0 Å². The summed E-state index contributed by atoms with van der Waals surface area (Å²) in [6.45, 7) is 2.98. The fraction of sp³-hybridized carbons (Fsp3) is 0.625. The topological polar surface area (TPSA) is 225 Å². The standard InChI is InChI=1S/C16H26N4O9/c1-3-7(2)13(17)15(27)18-6-10(21)19-8(4-11(22)23)14(26)20-9(16(28)29)5-12(24)25/h7-9,13H,3-6,17H2,1-2H3,(H,18,27)(H,19,21)(H,20,26)(H,22,23)(H,24,25)(H,28,29). The molecular weight excluding hydrogens is 392 g/mol. The molecule has 0 aromatic rings. The number of carbonyl (C=O) groups is 6. The van der Waals surface area contributed by atoms with Gasteiger partial charge in [-0.25, -0.2) is 4.79 Å². The Hall–Kier alpha value is -3.22. The van der Waals surface area contributed by atoms with Crippen molar-refractivity contribution in [3.8, 4) is 0 Å². The quantitative estimate of drug-likeness (QED) is 0.166. The largest absolute Gasteiger partial charge is 0.481 e. The SMILES string of the molecule is CCC(C)C(N)C(=O)NCC(=O)NC(CC(=O)O)C(=O)NC(CC(=O)O)C(=O)O. The van der Waals surface area contributed by atoms with E-state index >= 15 is 0 Å². The number of aliphatic carboxylic acids is 3. The minimum absolute atomic E-state index is 0.147. The van der Waals surface area contributed by atoms with Gasteiger partial charge in [-0.05, 0) is 5.92 Å². The number of carboxylic acids is 3. The summed E-state index contributed by atoms with van der Waals surface area (Å²) < 4.78 is 0. The molecule has 4 atom stereocenters. The number of carbonyl (C=O) groups excluding carboxylic acids is 3. The molecule has 0 bridgehead atoms. The van der Waals surface area contributed by atoms with Gasteiger partial charge >= 0.3 is 17.9 Å². The molecule has 0 heterocycles. The zero-order chi connectivity index (χ0) is 22.7. The molecule has 0 aliphatic carbocycles. The van der Waals surface area contributed by atoms with Crippen molar-refractivity contribution < 1.29 is 44.1 Å². The molecular formula is C16H26N4O9. The smallest absolute Gasteiger partial charge is 0.326 e. The Morgan fingerprint density at radius 3 is 1.83 bits per heavy atom. The van der Waals surface area contributed by atoms with Crippen LogP contribution in [0.25, 0.3) is 0 Å². The van der Waals surface area contributed by atoms with Crippen LogP contribution < -0.4 is 21.7 Å². The Morgan fingerprint density at radius 1 is 0.862 bits per heavy atom. The first-order valence-electron chi connectivity index (χ1n) is 8.68. The van der Waals surface area contributed by atoms with Gasteiger partial charge in [-0.2, -0.15) is 0 Å². The molecule has 0 aromatic carbocycles. The molecule has 4 unspecified atom stereocenters. The zero-order valence-electron chi connectivity index (χ0n) is 16.0. The zero-order valence-corrected chi connectivity index (χ0v) is 16.0. The van der Waals surface area contributed by atoms with Crippen LogP contribution in [0.2, 0.25) is 0 Å². The van der Waals surface area contributed by atoms with E-state index < -0.39 is 73.1 Å². The van der Waals surface area contributed by atoms with Crippen LogP contribution in [0, 0.1) is 5.92 Å². The van der Waals surface area contributed by atoms with Gasteiger partial charge in [0.15, 0.2) is 0 Å². The summed E-state index contributed by atoms with van der Waals surface area (Å²) in [5, 5.41) is 32.7. The average molecular weight is 418 g/mol. The summed E-state index contributed by atoms with van der Waals surface area (Å²) in [6.07, 6.45) is -1.21. The molecule has 13 heteroatoms. The maximum absolute atomic E-state index is 12.1. The number of nitrogens with one attached hydrogen (secondary N) is 3. The second kappa shape index (κ2) is 12.3. The summed E-state index contributed by atoms with van der Waals surface area (Å²) in [5.41, 5.74) is 5.71. The van der Waals surface area contributed by atoms with Gasteiger partial charge in [0.25, 0.3) is 0 Å². The molecule has 0 spiro atoms. The minimum Gasteiger partial charge on any atom is -0.481 e. The van der Waals surface area contributed by atoms with Crippen LogP contribution in [-0.2, 0) is 28.8 Å². The van der Waals surface area contributed by atoms with Gasteiger partial charge in [0.2, 0.25) is 17.7 Å². The van der Waals surface area contributed by atoms with Gasteiger partial charge in [0, 0.05) is 0 Å².